The molecule has 0 aliphatic carbocycles. The smallest absolute Gasteiger partial charge is 0.331 e. The molecular formula is C33H26N2O3. The molecule has 0 saturated carbocycles. The molecule has 5 nitrogen and oxygen atoms in total. The lowest BCUT2D eigenvalue weighted by Crippen LogP contribution is -2.02. The molecule has 38 heavy (non-hydrogen) atoms. The van der Waals surface area contributed by atoms with Gasteiger partial charge < -0.3 is 9.40 Å². The molecule has 0 atom stereocenters. The molecule has 0 fully saturated rings. The van der Waals surface area contributed by atoms with E-state index in [9.17, 15) is 9.59 Å². The molecular weight excluding hydrogens is 472 g/mol. The molecule has 1 heterocycles. The van der Waals surface area contributed by atoms with Gasteiger partial charge in [-0.3, -0.25) is 4.79 Å². The van der Waals surface area contributed by atoms with Crippen molar-refractivity contribution in [3.63, 3.8) is 0 Å². The summed E-state index contributed by atoms with van der Waals surface area (Å²) in [6.07, 6.45) is 0. The predicted molar refractivity (Wildman–Crippen MR) is 154 cm³/mol. The molecule has 0 N–H and O–H groups in total. The normalized spacial score (nSPS) is 12.0. The number of nitrogens with zero attached hydrogens (tertiary/aromatic N) is 2. The molecule has 0 radical (unpaired) electrons. The van der Waals surface area contributed by atoms with Crippen LogP contribution in [0.2, 0.25) is 0 Å². The molecule has 0 bridgehead atoms. The van der Waals surface area contributed by atoms with Gasteiger partial charge in [-0.05, 0) is 83.4 Å². The van der Waals surface area contributed by atoms with Crippen LogP contribution >= 0.6 is 0 Å². The van der Waals surface area contributed by atoms with E-state index >= 15 is 0 Å². The van der Waals surface area contributed by atoms with Gasteiger partial charge in [0.05, 0.1) is 5.71 Å². The van der Waals surface area contributed by atoms with Crippen LogP contribution in [0, 0.1) is 0 Å². The molecule has 5 heteroatoms. The van der Waals surface area contributed by atoms with Gasteiger partial charge in [0, 0.05) is 46.4 Å². The van der Waals surface area contributed by atoms with Gasteiger partial charge in [0.25, 0.3) is 0 Å². The number of benzene rings is 5. The lowest BCUT2D eigenvalue weighted by Gasteiger charge is -2.09. The molecule has 0 saturated heterocycles. The topological polar surface area (TPSA) is 60.7 Å². The zero-order chi connectivity index (χ0) is 26.4. The van der Waals surface area contributed by atoms with E-state index in [0.717, 1.165) is 55.5 Å². The van der Waals surface area contributed by atoms with Gasteiger partial charge >= 0.3 is 5.97 Å². The SMILES string of the molecule is CCn1c2ccc(C(=O)c3cccc4cc5ccccc5cc34)cc2c2cc(/C(C)=N/OC(C)=O)ccc21. The van der Waals surface area contributed by atoms with Gasteiger partial charge in [0.1, 0.15) is 0 Å². The van der Waals surface area contributed by atoms with Crippen LogP contribution in [-0.4, -0.2) is 22.0 Å². The molecule has 0 amide bonds. The van der Waals surface area contributed by atoms with Crippen LogP contribution < -0.4 is 0 Å². The van der Waals surface area contributed by atoms with Crippen LogP contribution in [0.4, 0.5) is 0 Å². The first-order valence-electron chi connectivity index (χ1n) is 12.7. The maximum atomic E-state index is 13.9. The lowest BCUT2D eigenvalue weighted by molar-refractivity contribution is -0.140. The van der Waals surface area contributed by atoms with E-state index in [1.54, 1.807) is 0 Å². The number of carbonyl (C=O) groups is 2. The largest absolute Gasteiger partial charge is 0.341 e. The third kappa shape index (κ3) is 3.93. The molecule has 6 rings (SSSR count). The first-order valence-corrected chi connectivity index (χ1v) is 12.7. The van der Waals surface area contributed by atoms with Gasteiger partial charge in [-0.2, -0.15) is 0 Å². The van der Waals surface area contributed by atoms with Crippen molar-refractivity contribution in [2.24, 2.45) is 5.16 Å². The van der Waals surface area contributed by atoms with Crippen LogP contribution in [0.1, 0.15) is 42.3 Å². The maximum absolute atomic E-state index is 13.9. The van der Waals surface area contributed by atoms with Crippen molar-refractivity contribution in [3.8, 4) is 0 Å². The van der Waals surface area contributed by atoms with E-state index in [4.69, 9.17) is 4.84 Å². The van der Waals surface area contributed by atoms with Crippen LogP contribution in [0.5, 0.6) is 0 Å². The zero-order valence-electron chi connectivity index (χ0n) is 21.5. The van der Waals surface area contributed by atoms with Gasteiger partial charge in [0.15, 0.2) is 5.78 Å². The number of hydrogen-bond donors (Lipinski definition) is 0. The van der Waals surface area contributed by atoms with E-state index in [2.05, 4.69) is 53.0 Å². The molecule has 0 aliphatic rings. The summed E-state index contributed by atoms with van der Waals surface area (Å²) in [5, 5.41) is 10.2. The number of aromatic nitrogens is 1. The van der Waals surface area contributed by atoms with Crippen molar-refractivity contribution in [3.05, 3.63) is 108 Å². The molecule has 6 aromatic rings. The van der Waals surface area contributed by atoms with E-state index in [0.29, 0.717) is 16.8 Å². The average Bonchev–Trinajstić information content (AvgIpc) is 3.26. The van der Waals surface area contributed by atoms with Gasteiger partial charge in [0.2, 0.25) is 0 Å². The van der Waals surface area contributed by atoms with E-state index in [-0.39, 0.29) is 5.78 Å². The molecule has 0 aliphatic heterocycles. The van der Waals surface area contributed by atoms with Gasteiger partial charge in [-0.1, -0.05) is 53.7 Å². The second kappa shape index (κ2) is 9.27. The number of hydrogen-bond acceptors (Lipinski definition) is 4. The number of oxime groups is 1. The molecule has 0 unspecified atom stereocenters. The van der Waals surface area contributed by atoms with Crippen LogP contribution in [0.3, 0.4) is 0 Å². The van der Waals surface area contributed by atoms with Crippen LogP contribution in [0.25, 0.3) is 43.4 Å². The van der Waals surface area contributed by atoms with E-state index < -0.39 is 5.97 Å². The molecule has 186 valence electrons. The zero-order valence-corrected chi connectivity index (χ0v) is 21.5. The highest BCUT2D eigenvalue weighted by atomic mass is 16.7. The molecule has 0 spiro atoms. The summed E-state index contributed by atoms with van der Waals surface area (Å²) in [5.41, 5.74) is 4.93. The summed E-state index contributed by atoms with van der Waals surface area (Å²) in [4.78, 5) is 30.0. The summed E-state index contributed by atoms with van der Waals surface area (Å²) >= 11 is 0. The second-order valence-corrected chi connectivity index (χ2v) is 9.52. The average molecular weight is 499 g/mol. The number of fused-ring (bicyclic) bond motifs is 5. The number of rotatable bonds is 5. The maximum Gasteiger partial charge on any atom is 0.331 e. The van der Waals surface area contributed by atoms with E-state index in [1.165, 1.54) is 6.92 Å². The Kier molecular flexibility index (Phi) is 5.76. The predicted octanol–water partition coefficient (Wildman–Crippen LogP) is 7.64. The standard InChI is InChI=1S/C33H26N2O3/c1-4-35-31-14-12-22(20(2)34-38-21(3)36)17-29(31)30-19-26(13-15-32(30)35)33(37)27-11-7-10-25-16-23-8-5-6-9-24(23)18-28(25)27/h5-19H,4H2,1-3H3/b34-20+. The second-order valence-electron chi connectivity index (χ2n) is 9.52. The minimum atomic E-state index is -0.461. The van der Waals surface area contributed by atoms with Crippen LogP contribution in [-0.2, 0) is 16.2 Å². The van der Waals surface area contributed by atoms with Crippen molar-refractivity contribution in [2.75, 3.05) is 0 Å². The Labute approximate surface area is 219 Å². The Bertz CT molecular complexity index is 1950. The number of ketones is 1. The number of carbonyl (C=O) groups excluding carboxylic acids is 2. The highest BCUT2D eigenvalue weighted by molar-refractivity contribution is 6.20. The Hall–Kier alpha value is -4.77. The summed E-state index contributed by atoms with van der Waals surface area (Å²) < 4.78 is 2.24. The molecule has 1 aromatic heterocycles. The fourth-order valence-electron chi connectivity index (χ4n) is 5.32. The minimum absolute atomic E-state index is 0.00562. The fraction of sp³-hybridized carbons (Fsp3) is 0.121. The first-order chi connectivity index (χ1) is 18.4. The van der Waals surface area contributed by atoms with Crippen molar-refractivity contribution < 1.29 is 14.4 Å². The summed E-state index contributed by atoms with van der Waals surface area (Å²) in [6, 6.07) is 30.4. The van der Waals surface area contributed by atoms with Gasteiger partial charge in [-0.25, -0.2) is 4.79 Å². The van der Waals surface area contributed by atoms with Gasteiger partial charge in [-0.15, -0.1) is 0 Å². The number of aryl methyl sites for hydroxylation is 1. The van der Waals surface area contributed by atoms with Crippen molar-refractivity contribution in [1.29, 1.82) is 0 Å². The minimum Gasteiger partial charge on any atom is -0.341 e. The van der Waals surface area contributed by atoms with E-state index in [1.807, 2.05) is 61.5 Å². The summed E-state index contributed by atoms with van der Waals surface area (Å²) in [5.74, 6) is -0.466. The van der Waals surface area contributed by atoms with Crippen LogP contribution in [0.15, 0.2) is 96.2 Å². The Morgan fingerprint density at radius 3 is 2.03 bits per heavy atom. The Balaban J connectivity index is 1.51. The highest BCUT2D eigenvalue weighted by Crippen LogP contribution is 2.33. The van der Waals surface area contributed by atoms with Crippen molar-refractivity contribution >= 4 is 60.8 Å². The third-order valence-electron chi connectivity index (χ3n) is 7.16. The lowest BCUT2D eigenvalue weighted by atomic mass is 9.94. The summed E-state index contributed by atoms with van der Waals surface area (Å²) in [7, 11) is 0. The van der Waals surface area contributed by atoms with Crippen molar-refractivity contribution in [2.45, 2.75) is 27.3 Å². The third-order valence-corrected chi connectivity index (χ3v) is 7.16. The molecule has 5 aromatic carbocycles. The summed E-state index contributed by atoms with van der Waals surface area (Å²) in [6.45, 7) is 6.04. The van der Waals surface area contributed by atoms with Crippen molar-refractivity contribution in [1.82, 2.24) is 4.57 Å². The Morgan fingerprint density at radius 2 is 1.34 bits per heavy atom. The monoisotopic (exact) mass is 498 g/mol. The fourth-order valence-corrected chi connectivity index (χ4v) is 5.32. The first kappa shape index (κ1) is 23.6. The highest BCUT2D eigenvalue weighted by Gasteiger charge is 2.17. The quantitative estimate of drug-likeness (QED) is 0.0807. The Morgan fingerprint density at radius 1 is 0.711 bits per heavy atom.